The van der Waals surface area contributed by atoms with Crippen LogP contribution >= 0.6 is 16.3 Å². The molecule has 42 heavy (non-hydrogen) atoms. The standard InChI is InChI=1S/C36H44N2O2P2/c1-37-27-15-5-17-29-42(32-21-9-4-10-22-32)40-36-26-14-12-24-34(36)38(2)28-16-6-18-30-41(31-19-7-3-8-20-31)39-35-25-13-11-23-33(35)37/h3-4,7-14,19-26H,5-6,15-18,27-30H2,1-2H3. The van der Waals surface area contributed by atoms with Crippen LogP contribution in [0.5, 0.6) is 11.5 Å². The molecule has 0 amide bonds. The van der Waals surface area contributed by atoms with Gasteiger partial charge >= 0.3 is 0 Å². The zero-order chi connectivity index (χ0) is 29.0. The van der Waals surface area contributed by atoms with Crippen molar-refractivity contribution >= 4 is 38.3 Å². The molecule has 0 bridgehead atoms. The molecule has 4 aromatic carbocycles. The predicted molar refractivity (Wildman–Crippen MR) is 184 cm³/mol. The minimum Gasteiger partial charge on any atom is -0.467 e. The smallest absolute Gasteiger partial charge is 0.147 e. The van der Waals surface area contributed by atoms with E-state index in [0.29, 0.717) is 0 Å². The normalized spacial score (nSPS) is 19.5. The highest BCUT2D eigenvalue weighted by Gasteiger charge is 2.20. The van der Waals surface area contributed by atoms with Crippen molar-refractivity contribution in [1.82, 2.24) is 0 Å². The largest absolute Gasteiger partial charge is 0.467 e. The molecule has 2 unspecified atom stereocenters. The van der Waals surface area contributed by atoms with Gasteiger partial charge in [0.15, 0.2) is 0 Å². The van der Waals surface area contributed by atoms with Crippen LogP contribution in [0.4, 0.5) is 11.4 Å². The average Bonchev–Trinajstić information content (AvgIpc) is 3.04. The van der Waals surface area contributed by atoms with Gasteiger partial charge in [-0.1, -0.05) is 97.8 Å². The van der Waals surface area contributed by atoms with Gasteiger partial charge in [-0.3, -0.25) is 0 Å². The summed E-state index contributed by atoms with van der Waals surface area (Å²) in [4.78, 5) is 4.74. The van der Waals surface area contributed by atoms with Gasteiger partial charge in [0.25, 0.3) is 0 Å². The first-order chi connectivity index (χ1) is 20.7. The molecule has 0 saturated carbocycles. The Hall–Kier alpha value is -3.06. The summed E-state index contributed by atoms with van der Waals surface area (Å²) in [6, 6.07) is 38.8. The lowest BCUT2D eigenvalue weighted by atomic mass is 10.2. The number of nitrogens with zero attached hydrogens (tertiary/aromatic N) is 2. The van der Waals surface area contributed by atoms with E-state index in [1.807, 2.05) is 0 Å². The molecular formula is C36H44N2O2P2. The van der Waals surface area contributed by atoms with Gasteiger partial charge in [-0.15, -0.1) is 0 Å². The molecule has 6 heteroatoms. The van der Waals surface area contributed by atoms with E-state index in [0.717, 1.165) is 62.6 Å². The Morgan fingerprint density at radius 2 is 0.833 bits per heavy atom. The van der Waals surface area contributed by atoms with Crippen LogP contribution in [-0.4, -0.2) is 39.5 Å². The van der Waals surface area contributed by atoms with Gasteiger partial charge in [-0.25, -0.2) is 0 Å². The maximum absolute atomic E-state index is 6.86. The zero-order valence-corrected chi connectivity index (χ0v) is 26.9. The third kappa shape index (κ3) is 8.50. The van der Waals surface area contributed by atoms with E-state index >= 15 is 0 Å². The lowest BCUT2D eigenvalue weighted by molar-refractivity contribution is 0.600. The lowest BCUT2D eigenvalue weighted by Gasteiger charge is -2.27. The summed E-state index contributed by atoms with van der Waals surface area (Å²) >= 11 is 0. The summed E-state index contributed by atoms with van der Waals surface area (Å²) in [5.74, 6) is 2.00. The van der Waals surface area contributed by atoms with E-state index < -0.39 is 16.3 Å². The summed E-state index contributed by atoms with van der Waals surface area (Å²) in [5.41, 5.74) is 2.37. The summed E-state index contributed by atoms with van der Waals surface area (Å²) in [6.07, 6.45) is 9.00. The fourth-order valence-electron chi connectivity index (χ4n) is 5.38. The van der Waals surface area contributed by atoms with Crippen LogP contribution in [0.3, 0.4) is 0 Å². The Bertz CT molecular complexity index is 1250. The second-order valence-electron chi connectivity index (χ2n) is 11.0. The Balaban J connectivity index is 1.36. The third-order valence-corrected chi connectivity index (χ3v) is 11.8. The molecule has 1 heterocycles. The third-order valence-electron chi connectivity index (χ3n) is 7.77. The van der Waals surface area contributed by atoms with Gasteiger partial charge in [-0.2, -0.15) is 0 Å². The molecule has 0 saturated heterocycles. The minimum absolute atomic E-state index is 0.749. The van der Waals surface area contributed by atoms with E-state index in [1.165, 1.54) is 34.8 Å². The highest BCUT2D eigenvalue weighted by molar-refractivity contribution is 7.61. The van der Waals surface area contributed by atoms with Crippen LogP contribution < -0.4 is 29.5 Å². The molecule has 1 aliphatic rings. The molecule has 1 aliphatic heterocycles. The number of hydrogen-bond donors (Lipinski definition) is 0. The van der Waals surface area contributed by atoms with Crippen molar-refractivity contribution in [2.45, 2.75) is 38.5 Å². The van der Waals surface area contributed by atoms with Gasteiger partial charge in [0, 0.05) is 50.1 Å². The van der Waals surface area contributed by atoms with Gasteiger partial charge in [-0.05, 0) is 49.9 Å². The van der Waals surface area contributed by atoms with Crippen molar-refractivity contribution in [3.8, 4) is 11.5 Å². The number of para-hydroxylation sites is 4. The average molecular weight is 599 g/mol. The molecule has 0 radical (unpaired) electrons. The monoisotopic (exact) mass is 598 g/mol. The Labute approximate surface area is 255 Å². The van der Waals surface area contributed by atoms with E-state index in [1.54, 1.807) is 0 Å². The quantitative estimate of drug-likeness (QED) is 0.215. The summed E-state index contributed by atoms with van der Waals surface area (Å²) in [6.45, 7) is 2.00. The fraction of sp³-hybridized carbons (Fsp3) is 0.333. The second kappa shape index (κ2) is 16.0. The van der Waals surface area contributed by atoms with Crippen LogP contribution in [0.15, 0.2) is 109 Å². The molecule has 2 atom stereocenters. The lowest BCUT2D eigenvalue weighted by Crippen LogP contribution is -2.20. The van der Waals surface area contributed by atoms with Crippen LogP contribution in [0, 0.1) is 0 Å². The molecule has 4 nitrogen and oxygen atoms in total. The van der Waals surface area contributed by atoms with Crippen molar-refractivity contribution in [2.24, 2.45) is 0 Å². The number of hydrogen-bond acceptors (Lipinski definition) is 4. The first kappa shape index (κ1) is 30.4. The molecule has 0 spiro atoms. The molecule has 0 N–H and O–H groups in total. The maximum atomic E-state index is 6.86. The van der Waals surface area contributed by atoms with Crippen LogP contribution in [-0.2, 0) is 0 Å². The van der Waals surface area contributed by atoms with E-state index in [9.17, 15) is 0 Å². The molecule has 5 rings (SSSR count). The van der Waals surface area contributed by atoms with Crippen LogP contribution in [0.1, 0.15) is 38.5 Å². The molecule has 220 valence electrons. The minimum atomic E-state index is -0.749. The highest BCUT2D eigenvalue weighted by Crippen LogP contribution is 2.44. The van der Waals surface area contributed by atoms with E-state index in [4.69, 9.17) is 9.05 Å². The SMILES string of the molecule is CN1CCCCCP(c2ccccc2)Oc2ccccc2N(C)CCCCCP(c2ccccc2)Oc2ccccc21. The zero-order valence-electron chi connectivity index (χ0n) is 25.1. The number of anilines is 2. The van der Waals surface area contributed by atoms with Crippen molar-refractivity contribution in [1.29, 1.82) is 0 Å². The number of fused-ring (bicyclic) bond motifs is 2. The molecular weight excluding hydrogens is 554 g/mol. The van der Waals surface area contributed by atoms with Crippen molar-refractivity contribution in [2.75, 3.05) is 49.3 Å². The number of rotatable bonds is 2. The Morgan fingerprint density at radius 1 is 0.452 bits per heavy atom. The van der Waals surface area contributed by atoms with Gasteiger partial charge < -0.3 is 18.8 Å². The molecule has 0 fully saturated rings. The summed E-state index contributed by atoms with van der Waals surface area (Å²) < 4.78 is 13.7. The topological polar surface area (TPSA) is 24.9 Å². The fourth-order valence-corrected chi connectivity index (χ4v) is 9.11. The number of benzene rings is 4. The van der Waals surface area contributed by atoms with Crippen molar-refractivity contribution in [3.05, 3.63) is 109 Å². The van der Waals surface area contributed by atoms with Crippen molar-refractivity contribution < 1.29 is 9.05 Å². The van der Waals surface area contributed by atoms with Gasteiger partial charge in [0.2, 0.25) is 0 Å². The van der Waals surface area contributed by atoms with Crippen molar-refractivity contribution in [3.63, 3.8) is 0 Å². The van der Waals surface area contributed by atoms with E-state index in [2.05, 4.69) is 133 Å². The first-order valence-electron chi connectivity index (χ1n) is 15.3. The highest BCUT2D eigenvalue weighted by atomic mass is 31.1. The predicted octanol–water partition coefficient (Wildman–Crippen LogP) is 8.82. The summed E-state index contributed by atoms with van der Waals surface area (Å²) in [7, 11) is 2.90. The second-order valence-corrected chi connectivity index (χ2v) is 14.8. The van der Waals surface area contributed by atoms with E-state index in [-0.39, 0.29) is 0 Å². The maximum Gasteiger partial charge on any atom is 0.147 e. The summed E-state index contributed by atoms with van der Waals surface area (Å²) in [5, 5.41) is 2.62. The van der Waals surface area contributed by atoms with Crippen LogP contribution in [0.25, 0.3) is 0 Å². The molecule has 0 aromatic heterocycles. The molecule has 0 aliphatic carbocycles. The Kier molecular flexibility index (Phi) is 11.6. The van der Waals surface area contributed by atoms with Crippen LogP contribution in [0.2, 0.25) is 0 Å². The van der Waals surface area contributed by atoms with Gasteiger partial charge in [0.05, 0.1) is 11.4 Å². The van der Waals surface area contributed by atoms with Gasteiger partial charge in [0.1, 0.15) is 27.8 Å². The first-order valence-corrected chi connectivity index (χ1v) is 18.2. The Morgan fingerprint density at radius 3 is 1.26 bits per heavy atom. The molecule has 4 aromatic rings.